The van der Waals surface area contributed by atoms with Crippen molar-refractivity contribution < 1.29 is 9.90 Å². The molecule has 0 fully saturated rings. The molecular formula is C14H20O2S. The number of carbonyl (C=O) groups is 1. The van der Waals surface area contributed by atoms with Crippen molar-refractivity contribution in [3.63, 3.8) is 0 Å². The molecule has 1 aromatic carbocycles. The summed E-state index contributed by atoms with van der Waals surface area (Å²) in [7, 11) is 0. The van der Waals surface area contributed by atoms with Gasteiger partial charge in [0.2, 0.25) is 0 Å². The van der Waals surface area contributed by atoms with Crippen molar-refractivity contribution in [1.82, 2.24) is 0 Å². The van der Waals surface area contributed by atoms with Gasteiger partial charge < -0.3 is 5.11 Å². The van der Waals surface area contributed by atoms with Crippen molar-refractivity contribution in [2.24, 2.45) is 11.8 Å². The van der Waals surface area contributed by atoms with E-state index < -0.39 is 5.97 Å². The Balaban J connectivity index is 2.70. The van der Waals surface area contributed by atoms with Crippen molar-refractivity contribution >= 4 is 17.7 Å². The second kappa shape index (κ2) is 6.70. The van der Waals surface area contributed by atoms with E-state index in [4.69, 9.17) is 5.11 Å². The molecular weight excluding hydrogens is 232 g/mol. The average molecular weight is 252 g/mol. The highest BCUT2D eigenvalue weighted by molar-refractivity contribution is 7.99. The van der Waals surface area contributed by atoms with Crippen molar-refractivity contribution in [3.05, 3.63) is 29.8 Å². The molecule has 1 unspecified atom stereocenters. The van der Waals surface area contributed by atoms with Crippen LogP contribution in [0.1, 0.15) is 26.3 Å². The van der Waals surface area contributed by atoms with Gasteiger partial charge in [0.15, 0.2) is 0 Å². The lowest BCUT2D eigenvalue weighted by Gasteiger charge is -2.16. The molecule has 0 amide bonds. The quantitative estimate of drug-likeness (QED) is 0.784. The zero-order chi connectivity index (χ0) is 12.8. The molecule has 94 valence electrons. The van der Waals surface area contributed by atoms with E-state index in [0.717, 1.165) is 11.3 Å². The van der Waals surface area contributed by atoms with Crippen LogP contribution in [0.25, 0.3) is 0 Å². The van der Waals surface area contributed by atoms with Gasteiger partial charge in [-0.05, 0) is 35.8 Å². The number of hydrogen-bond donors (Lipinski definition) is 1. The van der Waals surface area contributed by atoms with Gasteiger partial charge in [-0.2, -0.15) is 0 Å². The molecule has 1 rings (SSSR count). The van der Waals surface area contributed by atoms with Crippen LogP contribution in [-0.2, 0) is 11.2 Å². The van der Waals surface area contributed by atoms with E-state index in [9.17, 15) is 4.79 Å². The van der Waals surface area contributed by atoms with E-state index in [2.05, 4.69) is 19.1 Å². The summed E-state index contributed by atoms with van der Waals surface area (Å²) in [6.45, 7) is 6.04. The van der Waals surface area contributed by atoms with Crippen molar-refractivity contribution in [2.45, 2.75) is 32.1 Å². The first kappa shape index (κ1) is 14.1. The standard InChI is InChI=1S/C14H20O2S/c1-4-17-12-7-5-11(6-8-12)9-13(10(2)3)14(15)16/h5-8,10,13H,4,9H2,1-3H3,(H,15,16). The summed E-state index contributed by atoms with van der Waals surface area (Å²) in [5.41, 5.74) is 1.10. The number of hydrogen-bond acceptors (Lipinski definition) is 2. The molecule has 0 bridgehead atoms. The highest BCUT2D eigenvalue weighted by Crippen LogP contribution is 2.21. The second-order valence-electron chi connectivity index (χ2n) is 4.47. The summed E-state index contributed by atoms with van der Waals surface area (Å²) in [6, 6.07) is 8.22. The minimum absolute atomic E-state index is 0.164. The van der Waals surface area contributed by atoms with Gasteiger partial charge >= 0.3 is 5.97 Å². The highest BCUT2D eigenvalue weighted by atomic mass is 32.2. The number of carboxylic acids is 1. The zero-order valence-corrected chi connectivity index (χ0v) is 11.5. The Morgan fingerprint density at radius 3 is 2.29 bits per heavy atom. The van der Waals surface area contributed by atoms with Crippen LogP contribution >= 0.6 is 11.8 Å². The van der Waals surface area contributed by atoms with Gasteiger partial charge in [-0.25, -0.2) is 0 Å². The number of thioether (sulfide) groups is 1. The maximum atomic E-state index is 11.1. The van der Waals surface area contributed by atoms with E-state index in [1.165, 1.54) is 4.90 Å². The molecule has 0 saturated carbocycles. The molecule has 1 aromatic rings. The molecule has 0 heterocycles. The molecule has 1 atom stereocenters. The van der Waals surface area contributed by atoms with E-state index >= 15 is 0 Å². The van der Waals surface area contributed by atoms with Gasteiger partial charge in [0.05, 0.1) is 5.92 Å². The van der Waals surface area contributed by atoms with E-state index in [1.54, 1.807) is 11.8 Å². The molecule has 0 aliphatic rings. The Hall–Kier alpha value is -0.960. The maximum Gasteiger partial charge on any atom is 0.307 e. The molecule has 0 spiro atoms. The molecule has 1 N–H and O–H groups in total. The third kappa shape index (κ3) is 4.43. The predicted molar refractivity (Wildman–Crippen MR) is 72.5 cm³/mol. The lowest BCUT2D eigenvalue weighted by atomic mass is 9.89. The molecule has 0 radical (unpaired) electrons. The Labute approximate surface area is 107 Å². The first-order valence-electron chi connectivity index (χ1n) is 5.99. The van der Waals surface area contributed by atoms with Crippen LogP contribution in [0.2, 0.25) is 0 Å². The molecule has 0 aromatic heterocycles. The molecule has 2 nitrogen and oxygen atoms in total. The van der Waals surface area contributed by atoms with Crippen molar-refractivity contribution in [1.29, 1.82) is 0 Å². The smallest absolute Gasteiger partial charge is 0.307 e. The summed E-state index contributed by atoms with van der Waals surface area (Å²) in [4.78, 5) is 12.4. The van der Waals surface area contributed by atoms with E-state index in [-0.39, 0.29) is 11.8 Å². The van der Waals surface area contributed by atoms with Gasteiger partial charge in [-0.15, -0.1) is 11.8 Å². The van der Waals surface area contributed by atoms with Gasteiger partial charge in [0, 0.05) is 4.90 Å². The zero-order valence-electron chi connectivity index (χ0n) is 10.6. The summed E-state index contributed by atoms with van der Waals surface area (Å²) in [5.74, 6) is 0.229. The molecule has 0 aliphatic carbocycles. The summed E-state index contributed by atoms with van der Waals surface area (Å²) < 4.78 is 0. The fourth-order valence-electron chi connectivity index (χ4n) is 1.75. The monoisotopic (exact) mass is 252 g/mol. The fourth-order valence-corrected chi connectivity index (χ4v) is 2.41. The molecule has 17 heavy (non-hydrogen) atoms. The normalized spacial score (nSPS) is 12.7. The van der Waals surface area contributed by atoms with E-state index in [0.29, 0.717) is 6.42 Å². The minimum Gasteiger partial charge on any atom is -0.481 e. The Bertz CT molecular complexity index is 357. The SMILES string of the molecule is CCSc1ccc(CC(C(=O)O)C(C)C)cc1. The number of rotatable bonds is 6. The van der Waals surface area contributed by atoms with Crippen LogP contribution in [0.15, 0.2) is 29.2 Å². The lowest BCUT2D eigenvalue weighted by Crippen LogP contribution is -2.22. The number of carboxylic acid groups (broad SMARTS) is 1. The van der Waals surface area contributed by atoms with Crippen LogP contribution in [0.5, 0.6) is 0 Å². The van der Waals surface area contributed by atoms with Gasteiger partial charge in [-0.3, -0.25) is 4.79 Å². The summed E-state index contributed by atoms with van der Waals surface area (Å²) in [5, 5.41) is 9.14. The topological polar surface area (TPSA) is 37.3 Å². The van der Waals surface area contributed by atoms with Crippen LogP contribution < -0.4 is 0 Å². The highest BCUT2D eigenvalue weighted by Gasteiger charge is 2.21. The first-order valence-corrected chi connectivity index (χ1v) is 6.97. The summed E-state index contributed by atoms with van der Waals surface area (Å²) >= 11 is 1.80. The van der Waals surface area contributed by atoms with Crippen LogP contribution in [0, 0.1) is 11.8 Å². The largest absolute Gasteiger partial charge is 0.481 e. The predicted octanol–water partition coefficient (Wildman–Crippen LogP) is 3.70. The van der Waals surface area contributed by atoms with E-state index in [1.807, 2.05) is 26.0 Å². The summed E-state index contributed by atoms with van der Waals surface area (Å²) in [6.07, 6.45) is 0.615. The number of benzene rings is 1. The average Bonchev–Trinajstić information content (AvgIpc) is 2.27. The Morgan fingerprint density at radius 2 is 1.88 bits per heavy atom. The molecule has 0 aliphatic heterocycles. The van der Waals surface area contributed by atoms with Crippen LogP contribution in [-0.4, -0.2) is 16.8 Å². The van der Waals surface area contributed by atoms with Gasteiger partial charge in [0.1, 0.15) is 0 Å². The van der Waals surface area contributed by atoms with Crippen molar-refractivity contribution in [2.75, 3.05) is 5.75 Å². The first-order chi connectivity index (χ1) is 8.04. The van der Waals surface area contributed by atoms with Crippen LogP contribution in [0.3, 0.4) is 0 Å². The lowest BCUT2D eigenvalue weighted by molar-refractivity contribution is -0.143. The second-order valence-corrected chi connectivity index (χ2v) is 5.81. The van der Waals surface area contributed by atoms with Gasteiger partial charge in [0.25, 0.3) is 0 Å². The maximum absolute atomic E-state index is 11.1. The minimum atomic E-state index is -0.702. The third-order valence-electron chi connectivity index (χ3n) is 2.81. The number of aliphatic carboxylic acids is 1. The van der Waals surface area contributed by atoms with Crippen LogP contribution in [0.4, 0.5) is 0 Å². The third-order valence-corrected chi connectivity index (χ3v) is 3.71. The molecule has 3 heteroatoms. The fraction of sp³-hybridized carbons (Fsp3) is 0.500. The van der Waals surface area contributed by atoms with Gasteiger partial charge in [-0.1, -0.05) is 32.9 Å². The Kier molecular flexibility index (Phi) is 5.56. The Morgan fingerprint density at radius 1 is 1.29 bits per heavy atom. The van der Waals surface area contributed by atoms with Crippen molar-refractivity contribution in [3.8, 4) is 0 Å². The molecule has 0 saturated heterocycles.